The quantitative estimate of drug-likeness (QED) is 0.443. The Hall–Kier alpha value is -3.95. The van der Waals surface area contributed by atoms with E-state index in [1.165, 1.54) is 18.5 Å². The smallest absolute Gasteiger partial charge is 0.353 e. The highest BCUT2D eigenvalue weighted by atomic mass is 19.1. The largest absolute Gasteiger partial charge is 0.497 e. The first-order chi connectivity index (χ1) is 15.5. The number of nitrogens with zero attached hydrogens (tertiary/aromatic N) is 5. The molecular weight excluding hydrogens is 415 g/mol. The van der Waals surface area contributed by atoms with Crippen LogP contribution in [0.3, 0.4) is 0 Å². The third kappa shape index (κ3) is 4.69. The Balaban J connectivity index is 1.47. The van der Waals surface area contributed by atoms with Crippen LogP contribution in [0.25, 0.3) is 0 Å². The van der Waals surface area contributed by atoms with Crippen molar-refractivity contribution in [2.75, 3.05) is 48.4 Å². The van der Waals surface area contributed by atoms with E-state index in [1.54, 1.807) is 19.2 Å². The third-order valence-corrected chi connectivity index (χ3v) is 5.38. The summed E-state index contributed by atoms with van der Waals surface area (Å²) in [5.41, 5.74) is 1.70. The molecule has 4 rings (SSSR count). The molecule has 32 heavy (non-hydrogen) atoms. The summed E-state index contributed by atoms with van der Waals surface area (Å²) < 4.78 is 18.3. The molecule has 2 aromatic carbocycles. The van der Waals surface area contributed by atoms with Crippen LogP contribution in [-0.2, 0) is 6.54 Å². The van der Waals surface area contributed by atoms with Crippen LogP contribution in [0.1, 0.15) is 5.56 Å². The van der Waals surface area contributed by atoms with Gasteiger partial charge in [0.05, 0.1) is 12.0 Å². The Labute approximate surface area is 184 Å². The van der Waals surface area contributed by atoms with Crippen molar-refractivity contribution in [3.63, 3.8) is 0 Å². The average molecular weight is 438 g/mol. The Morgan fingerprint density at radius 1 is 1.03 bits per heavy atom. The van der Waals surface area contributed by atoms with E-state index in [0.29, 0.717) is 32.0 Å². The van der Waals surface area contributed by atoms with E-state index in [9.17, 15) is 14.5 Å². The molecule has 3 aromatic rings. The third-order valence-electron chi connectivity index (χ3n) is 5.38. The molecule has 1 fully saturated rings. The summed E-state index contributed by atoms with van der Waals surface area (Å²) in [6.45, 7) is 2.85. The van der Waals surface area contributed by atoms with Gasteiger partial charge < -0.3 is 19.9 Å². The van der Waals surface area contributed by atoms with E-state index in [1.807, 2.05) is 29.2 Å². The van der Waals surface area contributed by atoms with E-state index in [2.05, 4.69) is 20.2 Å². The molecule has 0 saturated carbocycles. The van der Waals surface area contributed by atoms with Crippen LogP contribution in [0.2, 0.25) is 0 Å². The predicted octanol–water partition coefficient (Wildman–Crippen LogP) is 3.47. The molecule has 0 amide bonds. The predicted molar refractivity (Wildman–Crippen MR) is 120 cm³/mol. The fourth-order valence-electron chi connectivity index (χ4n) is 3.66. The molecule has 1 N–H and O–H groups in total. The molecule has 1 aromatic heterocycles. The van der Waals surface area contributed by atoms with Gasteiger partial charge in [0.15, 0.2) is 0 Å². The van der Waals surface area contributed by atoms with Crippen LogP contribution in [-0.4, -0.2) is 48.2 Å². The summed E-state index contributed by atoms with van der Waals surface area (Å²) in [5.74, 6) is 0.894. The standard InChI is InChI=1S/C22H23FN6O3/c1-32-19-8-6-18(7-9-19)27-10-12-28(13-11-27)22-20(29(30)31)21(25-15-26-22)24-14-16-2-4-17(23)5-3-16/h2-9,15H,10-14H2,1H3,(H,24,25,26). The Morgan fingerprint density at radius 3 is 2.31 bits per heavy atom. The summed E-state index contributed by atoms with van der Waals surface area (Å²) in [6, 6.07) is 13.8. The van der Waals surface area contributed by atoms with E-state index >= 15 is 0 Å². The highest BCUT2D eigenvalue weighted by Crippen LogP contribution is 2.33. The summed E-state index contributed by atoms with van der Waals surface area (Å²) in [7, 11) is 1.63. The van der Waals surface area contributed by atoms with Crippen molar-refractivity contribution >= 4 is 23.0 Å². The number of benzene rings is 2. The normalized spacial score (nSPS) is 13.7. The highest BCUT2D eigenvalue weighted by molar-refractivity contribution is 5.70. The van der Waals surface area contributed by atoms with E-state index < -0.39 is 4.92 Å². The lowest BCUT2D eigenvalue weighted by atomic mass is 10.2. The lowest BCUT2D eigenvalue weighted by Gasteiger charge is -2.36. The van der Waals surface area contributed by atoms with Crippen LogP contribution >= 0.6 is 0 Å². The van der Waals surface area contributed by atoms with Gasteiger partial charge in [0.1, 0.15) is 17.9 Å². The number of rotatable bonds is 7. The van der Waals surface area contributed by atoms with Gasteiger partial charge in [-0.1, -0.05) is 12.1 Å². The van der Waals surface area contributed by atoms with Crippen molar-refractivity contribution in [2.45, 2.75) is 6.54 Å². The first kappa shape index (κ1) is 21.3. The fourth-order valence-corrected chi connectivity index (χ4v) is 3.66. The van der Waals surface area contributed by atoms with Crippen LogP contribution in [0, 0.1) is 15.9 Å². The monoisotopic (exact) mass is 438 g/mol. The van der Waals surface area contributed by atoms with Gasteiger partial charge >= 0.3 is 5.69 Å². The number of ether oxygens (including phenoxy) is 1. The number of methoxy groups -OCH3 is 1. The number of piperazine rings is 1. The van der Waals surface area contributed by atoms with Gasteiger partial charge in [-0.25, -0.2) is 14.4 Å². The zero-order valence-corrected chi connectivity index (χ0v) is 17.6. The molecule has 1 saturated heterocycles. The lowest BCUT2D eigenvalue weighted by Crippen LogP contribution is -2.47. The highest BCUT2D eigenvalue weighted by Gasteiger charge is 2.29. The average Bonchev–Trinajstić information content (AvgIpc) is 2.83. The number of aromatic nitrogens is 2. The molecule has 9 nitrogen and oxygen atoms in total. The minimum atomic E-state index is -0.460. The number of anilines is 3. The van der Waals surface area contributed by atoms with Crippen molar-refractivity contribution in [3.05, 3.63) is 76.4 Å². The zero-order valence-electron chi connectivity index (χ0n) is 17.6. The van der Waals surface area contributed by atoms with Crippen LogP contribution in [0.15, 0.2) is 54.9 Å². The van der Waals surface area contributed by atoms with E-state index in [-0.39, 0.29) is 23.9 Å². The van der Waals surface area contributed by atoms with E-state index in [4.69, 9.17) is 4.74 Å². The molecule has 1 aliphatic rings. The van der Waals surface area contributed by atoms with Crippen LogP contribution in [0.5, 0.6) is 5.75 Å². The van der Waals surface area contributed by atoms with Gasteiger partial charge in [-0.05, 0) is 42.0 Å². The summed E-state index contributed by atoms with van der Waals surface area (Å²) >= 11 is 0. The molecule has 2 heterocycles. The minimum Gasteiger partial charge on any atom is -0.497 e. The summed E-state index contributed by atoms with van der Waals surface area (Å²) in [6.07, 6.45) is 1.32. The van der Waals surface area contributed by atoms with Crippen LogP contribution < -0.4 is 19.9 Å². The van der Waals surface area contributed by atoms with Gasteiger partial charge in [-0.3, -0.25) is 10.1 Å². The van der Waals surface area contributed by atoms with Gasteiger partial charge in [0, 0.05) is 38.4 Å². The SMILES string of the molecule is COc1ccc(N2CCN(c3ncnc(NCc4ccc(F)cc4)c3[N+](=O)[O-])CC2)cc1. The zero-order chi connectivity index (χ0) is 22.5. The topological polar surface area (TPSA) is 96.7 Å². The molecular formula is C22H23FN6O3. The maximum absolute atomic E-state index is 13.1. The van der Waals surface area contributed by atoms with E-state index in [0.717, 1.165) is 17.0 Å². The Morgan fingerprint density at radius 2 is 1.69 bits per heavy atom. The van der Waals surface area contributed by atoms with Gasteiger partial charge in [0.25, 0.3) is 0 Å². The van der Waals surface area contributed by atoms with Crippen molar-refractivity contribution in [1.82, 2.24) is 9.97 Å². The number of halogens is 1. The molecule has 10 heteroatoms. The number of nitrogens with one attached hydrogen (secondary N) is 1. The maximum Gasteiger partial charge on any atom is 0.353 e. The molecule has 0 radical (unpaired) electrons. The van der Waals surface area contributed by atoms with Gasteiger partial charge in [-0.2, -0.15) is 0 Å². The van der Waals surface area contributed by atoms with Gasteiger partial charge in [0.2, 0.25) is 11.6 Å². The molecule has 166 valence electrons. The van der Waals surface area contributed by atoms with Crippen molar-refractivity contribution in [3.8, 4) is 5.75 Å². The maximum atomic E-state index is 13.1. The molecule has 1 aliphatic heterocycles. The first-order valence-electron chi connectivity index (χ1n) is 10.2. The van der Waals surface area contributed by atoms with Crippen LogP contribution in [0.4, 0.5) is 27.4 Å². The minimum absolute atomic E-state index is 0.141. The molecule has 0 atom stereocenters. The summed E-state index contributed by atoms with van der Waals surface area (Å²) in [5, 5.41) is 14.9. The second kappa shape index (κ2) is 9.46. The molecule has 0 spiro atoms. The lowest BCUT2D eigenvalue weighted by molar-refractivity contribution is -0.383. The molecule has 0 unspecified atom stereocenters. The van der Waals surface area contributed by atoms with Crippen molar-refractivity contribution in [2.24, 2.45) is 0 Å². The number of hydrogen-bond acceptors (Lipinski definition) is 8. The number of hydrogen-bond donors (Lipinski definition) is 1. The Kier molecular flexibility index (Phi) is 6.29. The Bertz CT molecular complexity index is 1070. The second-order valence-corrected chi connectivity index (χ2v) is 7.30. The molecule has 0 bridgehead atoms. The second-order valence-electron chi connectivity index (χ2n) is 7.30. The summed E-state index contributed by atoms with van der Waals surface area (Å²) in [4.78, 5) is 23.8. The van der Waals surface area contributed by atoms with Crippen molar-refractivity contribution < 1.29 is 14.1 Å². The molecule has 0 aliphatic carbocycles. The number of nitro groups is 1. The van der Waals surface area contributed by atoms with Crippen molar-refractivity contribution in [1.29, 1.82) is 0 Å². The van der Waals surface area contributed by atoms with Gasteiger partial charge in [-0.15, -0.1) is 0 Å². The first-order valence-corrected chi connectivity index (χ1v) is 10.2. The fraction of sp³-hybridized carbons (Fsp3) is 0.273.